The predicted molar refractivity (Wildman–Crippen MR) is 117 cm³/mol. The summed E-state index contributed by atoms with van der Waals surface area (Å²) >= 11 is 0. The number of carbonyl (C=O) groups is 4. The molecule has 1 aromatic carbocycles. The van der Waals surface area contributed by atoms with Gasteiger partial charge in [0.15, 0.2) is 11.4 Å². The van der Waals surface area contributed by atoms with Crippen LogP contribution in [0.2, 0.25) is 0 Å². The van der Waals surface area contributed by atoms with Crippen molar-refractivity contribution >= 4 is 23.8 Å². The van der Waals surface area contributed by atoms with E-state index in [-0.39, 0.29) is 34.3 Å². The van der Waals surface area contributed by atoms with Gasteiger partial charge in [-0.15, -0.1) is 0 Å². The van der Waals surface area contributed by atoms with Gasteiger partial charge in [0.05, 0.1) is 27.4 Å². The quantitative estimate of drug-likeness (QED) is 0.274. The molecule has 2 heterocycles. The fourth-order valence-electron chi connectivity index (χ4n) is 2.95. The van der Waals surface area contributed by atoms with Crippen LogP contribution in [-0.4, -0.2) is 71.4 Å². The summed E-state index contributed by atoms with van der Waals surface area (Å²) in [6.45, 7) is -1.18. The Labute approximate surface area is 203 Å². The number of oxazole rings is 2. The van der Waals surface area contributed by atoms with Gasteiger partial charge in [-0.05, 0) is 18.2 Å². The average molecular weight is 502 g/mol. The molecule has 0 saturated carbocycles. The highest BCUT2D eigenvalue weighted by atomic mass is 16.5. The Hall–Kier alpha value is -4.56. The van der Waals surface area contributed by atoms with E-state index in [2.05, 4.69) is 30.1 Å². The Morgan fingerprint density at radius 1 is 0.833 bits per heavy atom. The molecule has 0 spiro atoms. The number of hydrogen-bond acceptors (Lipinski definition) is 12. The first-order valence-electron chi connectivity index (χ1n) is 10.3. The van der Waals surface area contributed by atoms with Crippen LogP contribution < -0.4 is 10.6 Å². The summed E-state index contributed by atoms with van der Waals surface area (Å²) in [5.41, 5.74) is -0.153. The van der Waals surface area contributed by atoms with E-state index >= 15 is 0 Å². The molecule has 0 radical (unpaired) electrons. The average Bonchev–Trinajstić information content (AvgIpc) is 3.60. The number of esters is 2. The molecule has 0 aliphatic rings. The molecule has 2 aromatic heterocycles. The van der Waals surface area contributed by atoms with Crippen LogP contribution in [0.25, 0.3) is 0 Å². The lowest BCUT2D eigenvalue weighted by atomic mass is 10.1. The topological polar surface area (TPSA) is 203 Å². The molecule has 2 atom stereocenters. The number of hydrogen-bond donors (Lipinski definition) is 4. The van der Waals surface area contributed by atoms with Crippen molar-refractivity contribution in [2.45, 2.75) is 12.1 Å². The second-order valence-corrected chi connectivity index (χ2v) is 7.12. The lowest BCUT2D eigenvalue weighted by Gasteiger charge is -2.15. The van der Waals surface area contributed by atoms with Crippen LogP contribution in [0.5, 0.6) is 0 Å². The molecule has 0 aliphatic carbocycles. The van der Waals surface area contributed by atoms with Gasteiger partial charge in [-0.25, -0.2) is 19.6 Å². The Morgan fingerprint density at radius 3 is 1.61 bits per heavy atom. The fourth-order valence-corrected chi connectivity index (χ4v) is 2.95. The molecule has 0 fully saturated rings. The van der Waals surface area contributed by atoms with Crippen LogP contribution in [0, 0.1) is 0 Å². The molecule has 14 heteroatoms. The van der Waals surface area contributed by atoms with Gasteiger partial charge in [-0.1, -0.05) is 6.07 Å². The summed E-state index contributed by atoms with van der Waals surface area (Å²) in [6, 6.07) is 3.42. The van der Waals surface area contributed by atoms with E-state index < -0.39 is 49.1 Å². The van der Waals surface area contributed by atoms with Crippen LogP contribution in [0.1, 0.15) is 65.6 Å². The van der Waals surface area contributed by atoms with Gasteiger partial charge in [0, 0.05) is 11.1 Å². The van der Waals surface area contributed by atoms with Crippen molar-refractivity contribution in [2.24, 2.45) is 0 Å². The number of aromatic nitrogens is 2. The fraction of sp³-hybridized carbons (Fsp3) is 0.273. The van der Waals surface area contributed by atoms with E-state index in [0.717, 1.165) is 12.5 Å². The minimum Gasteiger partial charge on any atom is -0.464 e. The molecule has 190 valence electrons. The number of methoxy groups -OCH3 is 2. The number of rotatable bonds is 10. The zero-order valence-electron chi connectivity index (χ0n) is 19.1. The molecule has 14 nitrogen and oxygen atoms in total. The first-order chi connectivity index (χ1) is 17.3. The zero-order valence-corrected chi connectivity index (χ0v) is 19.1. The zero-order chi connectivity index (χ0) is 26.2. The molecule has 2 amide bonds. The van der Waals surface area contributed by atoms with Gasteiger partial charge < -0.3 is 39.2 Å². The standard InChI is InChI=1S/C22H22N4O10/c1-33-21(31)15-9-35-19(25-15)13(7-27)23-17(29)11-4-3-5-12(6-11)18(30)24-14(8-28)20-26-16(10-36-20)22(32)34-2/h3-6,9-10,13-14,27-28H,7-8H2,1-2H3,(H,23,29)(H,24,30). The third-order valence-corrected chi connectivity index (χ3v) is 4.79. The molecule has 0 aliphatic heterocycles. The normalized spacial score (nSPS) is 12.3. The van der Waals surface area contributed by atoms with E-state index in [0.29, 0.717) is 0 Å². The molecule has 3 aromatic rings. The second kappa shape index (κ2) is 11.7. The molecule has 3 rings (SSSR count). The van der Waals surface area contributed by atoms with Gasteiger partial charge in [0.1, 0.15) is 24.6 Å². The number of aliphatic hydroxyl groups is 2. The van der Waals surface area contributed by atoms with Crippen molar-refractivity contribution in [1.29, 1.82) is 0 Å². The van der Waals surface area contributed by atoms with Crippen LogP contribution in [-0.2, 0) is 9.47 Å². The van der Waals surface area contributed by atoms with Crippen LogP contribution in [0.4, 0.5) is 0 Å². The summed E-state index contributed by atoms with van der Waals surface area (Å²) in [4.78, 5) is 56.3. The predicted octanol–water partition coefficient (Wildman–Crippen LogP) is 0.163. The van der Waals surface area contributed by atoms with Crippen molar-refractivity contribution in [3.05, 3.63) is 71.1 Å². The Morgan fingerprint density at radius 2 is 1.25 bits per heavy atom. The Bertz CT molecular complexity index is 1160. The van der Waals surface area contributed by atoms with Crippen molar-refractivity contribution in [3.8, 4) is 0 Å². The summed E-state index contributed by atoms with van der Waals surface area (Å²) in [7, 11) is 2.33. The molecular formula is C22H22N4O10. The number of carbonyl (C=O) groups excluding carboxylic acids is 4. The highest BCUT2D eigenvalue weighted by Gasteiger charge is 2.24. The summed E-state index contributed by atoms with van der Waals surface area (Å²) in [5, 5.41) is 24.3. The van der Waals surface area contributed by atoms with Crippen molar-refractivity contribution in [2.75, 3.05) is 27.4 Å². The maximum atomic E-state index is 12.7. The highest BCUT2D eigenvalue weighted by Crippen LogP contribution is 2.16. The third kappa shape index (κ3) is 5.92. The van der Waals surface area contributed by atoms with Crippen molar-refractivity contribution < 1.29 is 47.7 Å². The van der Waals surface area contributed by atoms with Crippen molar-refractivity contribution in [1.82, 2.24) is 20.6 Å². The Balaban J connectivity index is 1.70. The SMILES string of the molecule is COC(=O)c1coc(C(CO)NC(=O)c2cccc(C(=O)NC(CO)c3nc(C(=O)OC)co3)c2)n1. The monoisotopic (exact) mass is 502 g/mol. The minimum absolute atomic E-state index is 0.0606. The summed E-state index contributed by atoms with van der Waals surface area (Å²) in [6.07, 6.45) is 2.06. The molecule has 2 unspecified atom stereocenters. The number of ether oxygens (including phenoxy) is 2. The van der Waals surface area contributed by atoms with Crippen LogP contribution in [0.15, 0.2) is 45.6 Å². The Kier molecular flexibility index (Phi) is 8.48. The lowest BCUT2D eigenvalue weighted by Crippen LogP contribution is -2.32. The highest BCUT2D eigenvalue weighted by molar-refractivity contribution is 6.00. The van der Waals surface area contributed by atoms with E-state index in [4.69, 9.17) is 8.83 Å². The largest absolute Gasteiger partial charge is 0.464 e. The van der Waals surface area contributed by atoms with E-state index in [1.54, 1.807) is 0 Å². The molecule has 0 saturated heterocycles. The molecular weight excluding hydrogens is 480 g/mol. The second-order valence-electron chi connectivity index (χ2n) is 7.12. The summed E-state index contributed by atoms with van der Waals surface area (Å²) < 4.78 is 19.4. The smallest absolute Gasteiger partial charge is 0.360 e. The third-order valence-electron chi connectivity index (χ3n) is 4.79. The van der Waals surface area contributed by atoms with E-state index in [1.165, 1.54) is 38.5 Å². The molecule has 0 bridgehead atoms. The van der Waals surface area contributed by atoms with Gasteiger partial charge in [-0.2, -0.15) is 0 Å². The maximum Gasteiger partial charge on any atom is 0.360 e. The number of amides is 2. The van der Waals surface area contributed by atoms with E-state index in [1.807, 2.05) is 0 Å². The van der Waals surface area contributed by atoms with Gasteiger partial charge in [-0.3, -0.25) is 9.59 Å². The van der Waals surface area contributed by atoms with E-state index in [9.17, 15) is 29.4 Å². The lowest BCUT2D eigenvalue weighted by molar-refractivity contribution is 0.0585. The van der Waals surface area contributed by atoms with Gasteiger partial charge in [0.25, 0.3) is 11.8 Å². The molecule has 4 N–H and O–H groups in total. The summed E-state index contributed by atoms with van der Waals surface area (Å²) in [5.74, 6) is -3.09. The number of benzene rings is 1. The number of nitrogens with one attached hydrogen (secondary N) is 2. The number of nitrogens with zero attached hydrogens (tertiary/aromatic N) is 2. The maximum absolute atomic E-state index is 12.7. The van der Waals surface area contributed by atoms with Gasteiger partial charge >= 0.3 is 11.9 Å². The first kappa shape index (κ1) is 26.1. The number of aliphatic hydroxyl groups excluding tert-OH is 2. The molecule has 36 heavy (non-hydrogen) atoms. The van der Waals surface area contributed by atoms with Crippen molar-refractivity contribution in [3.63, 3.8) is 0 Å². The van der Waals surface area contributed by atoms with Gasteiger partial charge in [0.2, 0.25) is 11.8 Å². The van der Waals surface area contributed by atoms with Crippen LogP contribution >= 0.6 is 0 Å². The first-order valence-corrected chi connectivity index (χ1v) is 10.3. The minimum atomic E-state index is -1.08. The van der Waals surface area contributed by atoms with Crippen LogP contribution in [0.3, 0.4) is 0 Å².